The van der Waals surface area contributed by atoms with Gasteiger partial charge in [0.25, 0.3) is 12.6 Å². The molecule has 1 amide bonds. The van der Waals surface area contributed by atoms with E-state index in [1.807, 2.05) is 6.07 Å². The van der Waals surface area contributed by atoms with Gasteiger partial charge in [0.1, 0.15) is 16.0 Å². The van der Waals surface area contributed by atoms with Crippen LogP contribution >= 0.6 is 23.5 Å². The fourth-order valence-corrected chi connectivity index (χ4v) is 8.78. The number of rotatable bonds is 13. The van der Waals surface area contributed by atoms with Crippen molar-refractivity contribution in [3.63, 3.8) is 0 Å². The number of carbonyl (C=O) groups excluding carboxylic acids is 1. The molecule has 12 heteroatoms. The van der Waals surface area contributed by atoms with Gasteiger partial charge in [-0.25, -0.2) is 19.9 Å². The Kier molecular flexibility index (Phi) is 8.83. The lowest BCUT2D eigenvalue weighted by Gasteiger charge is -2.19. The average molecular weight is 646 g/mol. The van der Waals surface area contributed by atoms with Gasteiger partial charge < -0.3 is 10.1 Å². The fourth-order valence-electron chi connectivity index (χ4n) is 8.00. The van der Waals surface area contributed by atoms with Crippen LogP contribution in [0.3, 0.4) is 0 Å². The monoisotopic (exact) mass is 645 g/mol. The quantitative estimate of drug-likeness (QED) is 0.0599. The molecule has 236 valence electrons. The number of nitrogens with one attached hydrogen (secondary N) is 2. The first-order valence-corrected chi connectivity index (χ1v) is 17.2. The van der Waals surface area contributed by atoms with Gasteiger partial charge in [-0.2, -0.15) is 0 Å². The van der Waals surface area contributed by atoms with Crippen LogP contribution in [0.2, 0.25) is 16.8 Å². The molecule has 4 aliphatic rings. The number of amides is 1. The van der Waals surface area contributed by atoms with Crippen molar-refractivity contribution in [3.05, 3.63) is 60.2 Å². The molecule has 3 aliphatic carbocycles. The highest BCUT2D eigenvalue weighted by Gasteiger charge is 2.85. The highest BCUT2D eigenvalue weighted by Crippen LogP contribution is 2.93. The highest BCUT2D eigenvalue weighted by atomic mass is 35.5. The Balaban J connectivity index is 0.927. The zero-order chi connectivity index (χ0) is 31.8. The largest absolute Gasteiger partial charge is 0.477 e. The van der Waals surface area contributed by atoms with Crippen molar-refractivity contribution in [1.29, 1.82) is 5.26 Å². The maximum atomic E-state index is 12.9. The second-order valence-corrected chi connectivity index (χ2v) is 15.0. The van der Waals surface area contributed by atoms with Crippen molar-refractivity contribution < 1.29 is 9.53 Å². The number of ether oxygens (including phenoxy) is 1. The normalized spacial score (nSPS) is 21.8. The van der Waals surface area contributed by atoms with Gasteiger partial charge in [-0.15, -0.1) is 5.10 Å². The van der Waals surface area contributed by atoms with E-state index in [0.29, 0.717) is 45.9 Å². The molecule has 1 atom stereocenters. The van der Waals surface area contributed by atoms with E-state index >= 15 is 0 Å². The summed E-state index contributed by atoms with van der Waals surface area (Å²) < 4.78 is 10.3. The van der Waals surface area contributed by atoms with Gasteiger partial charge in [-0.05, 0) is 91.1 Å². The first-order valence-electron chi connectivity index (χ1n) is 16.0. The van der Waals surface area contributed by atoms with E-state index in [1.54, 1.807) is 29.1 Å². The van der Waals surface area contributed by atoms with Crippen molar-refractivity contribution in [2.45, 2.75) is 76.8 Å². The van der Waals surface area contributed by atoms with Crippen LogP contribution in [-0.2, 0) is 0 Å². The number of carbonyl (C=O) groups is 1. The van der Waals surface area contributed by atoms with Crippen LogP contribution in [0.15, 0.2) is 54.4 Å². The van der Waals surface area contributed by atoms with Crippen LogP contribution in [0.5, 0.6) is 5.88 Å². The van der Waals surface area contributed by atoms with Gasteiger partial charge in [0.05, 0.1) is 12.2 Å². The number of hydrogen-bond acceptors (Lipinski definition) is 8. The minimum atomic E-state index is -0.404. The molecule has 2 N–H and O–H groups in total. The number of nitriles is 1. The van der Waals surface area contributed by atoms with Crippen molar-refractivity contribution in [3.8, 4) is 17.7 Å². The summed E-state index contributed by atoms with van der Waals surface area (Å²) in [4.78, 5) is 21.7. The summed E-state index contributed by atoms with van der Waals surface area (Å²) in [5, 5.41) is 17.8. The van der Waals surface area contributed by atoms with E-state index in [-0.39, 0.29) is 22.7 Å². The maximum absolute atomic E-state index is 12.9. The van der Waals surface area contributed by atoms with E-state index in [4.69, 9.17) is 16.3 Å². The lowest BCUT2D eigenvalue weighted by Crippen LogP contribution is -2.20. The summed E-state index contributed by atoms with van der Waals surface area (Å²) in [5.74, 6) is 5.03. The molecule has 4 fully saturated rings. The number of fused-ring (bicyclic) bond motifs is 1. The smallest absolute Gasteiger partial charge is 0.273 e. The predicted octanol–water partition coefficient (Wildman–Crippen LogP) is 7.04. The van der Waals surface area contributed by atoms with Gasteiger partial charge >= 0.3 is 0 Å². The molecule has 1 aliphatic heterocycles. The van der Waals surface area contributed by atoms with Crippen molar-refractivity contribution in [1.82, 2.24) is 24.8 Å². The van der Waals surface area contributed by atoms with Gasteiger partial charge in [0.2, 0.25) is 5.88 Å². The van der Waals surface area contributed by atoms with Crippen LogP contribution in [-0.4, -0.2) is 45.6 Å². The molecule has 0 radical (unpaired) electrons. The molecular formula is C33H41BClN7O2S. The zero-order valence-corrected chi connectivity index (χ0v) is 27.7. The summed E-state index contributed by atoms with van der Waals surface area (Å²) in [5.41, 5.74) is 1.61. The Morgan fingerprint density at radius 1 is 1.29 bits per heavy atom. The van der Waals surface area contributed by atoms with Crippen LogP contribution in [0.25, 0.3) is 5.82 Å². The third-order valence-corrected chi connectivity index (χ3v) is 11.7. The second-order valence-electron chi connectivity index (χ2n) is 13.8. The van der Waals surface area contributed by atoms with Crippen molar-refractivity contribution in [2.75, 3.05) is 13.2 Å². The van der Waals surface area contributed by atoms with Gasteiger partial charge in [-0.1, -0.05) is 51.3 Å². The standard InChI is InChI=1S/C33H41BClN7O2S/c1-5-28(38-22(2)37-16-6-7-23-19-31(3,4)34(20-23)21-36)45-41-30(43)24-8-9-26(39-29(24)35)42-17-10-27(40-42)44-18-11-25-32(12-13-32)33(25)14-15-33/h5,8-10,17,23,25,37H,1-2,6-7,11-16,18-20H2,3-4H3,(H,41,43)/b38-28+. The minimum Gasteiger partial charge on any atom is -0.477 e. The van der Waals surface area contributed by atoms with Crippen LogP contribution in [0.1, 0.15) is 75.6 Å². The fraction of sp³-hybridized carbons (Fsp3) is 0.545. The molecule has 45 heavy (non-hydrogen) atoms. The summed E-state index contributed by atoms with van der Waals surface area (Å²) in [6.45, 7) is 13.7. The molecule has 9 nitrogen and oxygen atoms in total. The Morgan fingerprint density at radius 2 is 2.04 bits per heavy atom. The average Bonchev–Trinajstić information content (AvgIpc) is 3.97. The van der Waals surface area contributed by atoms with Crippen LogP contribution < -0.4 is 14.8 Å². The molecule has 3 heterocycles. The molecular weight excluding hydrogens is 605 g/mol. The SMILES string of the molecule is C=C/C(=N\C(=C)NCCCC1CB(C#N)C(C)(C)C1)SNC(=O)c1ccc(-n2ccc(OCCC3C4(CC4)C34CC4)n2)nc1Cl. The highest BCUT2D eigenvalue weighted by molar-refractivity contribution is 8.13. The summed E-state index contributed by atoms with van der Waals surface area (Å²) >= 11 is 7.44. The Bertz CT molecular complexity index is 1540. The first-order chi connectivity index (χ1) is 21.6. The summed E-state index contributed by atoms with van der Waals surface area (Å²) in [7, 11) is 0. The summed E-state index contributed by atoms with van der Waals surface area (Å²) in [6, 6.07) is 5.14. The Labute approximate surface area is 275 Å². The Hall–Kier alpha value is -3.23. The third-order valence-electron chi connectivity index (χ3n) is 10.6. The second kappa shape index (κ2) is 12.5. The molecule has 3 saturated carbocycles. The number of nitrogens with zero attached hydrogens (tertiary/aromatic N) is 5. The molecule has 6 rings (SSSR count). The lowest BCUT2D eigenvalue weighted by molar-refractivity contribution is 0.0984. The van der Waals surface area contributed by atoms with Crippen molar-refractivity contribution in [2.24, 2.45) is 27.7 Å². The number of aliphatic imine (C=N–C) groups is 1. The lowest BCUT2D eigenvalue weighted by atomic mass is 9.37. The van der Waals surface area contributed by atoms with E-state index in [9.17, 15) is 10.1 Å². The maximum Gasteiger partial charge on any atom is 0.273 e. The molecule has 0 bridgehead atoms. The van der Waals surface area contributed by atoms with Crippen LogP contribution in [0.4, 0.5) is 0 Å². The molecule has 0 aromatic carbocycles. The predicted molar refractivity (Wildman–Crippen MR) is 181 cm³/mol. The summed E-state index contributed by atoms with van der Waals surface area (Å²) in [6.07, 6.45) is 14.2. The number of pyridine rings is 1. The molecule has 2 aromatic rings. The molecule has 1 unspecified atom stereocenters. The number of aromatic nitrogens is 3. The topological polar surface area (TPSA) is 117 Å². The first kappa shape index (κ1) is 31.7. The van der Waals surface area contributed by atoms with Crippen molar-refractivity contribution >= 4 is 41.2 Å². The molecule has 2 spiro atoms. The van der Waals surface area contributed by atoms with E-state index in [2.05, 4.69) is 58.1 Å². The van der Waals surface area contributed by atoms with E-state index in [1.165, 1.54) is 25.7 Å². The van der Waals surface area contributed by atoms with E-state index in [0.717, 1.165) is 56.4 Å². The molecule has 2 aromatic heterocycles. The Morgan fingerprint density at radius 3 is 2.69 bits per heavy atom. The van der Waals surface area contributed by atoms with Crippen LogP contribution in [0, 0.1) is 33.9 Å². The van der Waals surface area contributed by atoms with Gasteiger partial charge in [0.15, 0.2) is 5.82 Å². The van der Waals surface area contributed by atoms with Gasteiger partial charge in [-0.3, -0.25) is 9.52 Å². The molecule has 1 saturated heterocycles. The number of halogens is 1. The minimum absolute atomic E-state index is 0.0664. The third kappa shape index (κ3) is 6.55. The zero-order valence-electron chi connectivity index (χ0n) is 26.1. The van der Waals surface area contributed by atoms with Gasteiger partial charge in [0, 0.05) is 36.7 Å². The van der Waals surface area contributed by atoms with E-state index < -0.39 is 5.91 Å². The number of hydrogen-bond donors (Lipinski definition) is 2.